The number of carbonyl (C=O) groups is 1. The fourth-order valence-corrected chi connectivity index (χ4v) is 2.94. The first kappa shape index (κ1) is 16.1. The highest BCUT2D eigenvalue weighted by Gasteiger charge is 2.21. The summed E-state index contributed by atoms with van der Waals surface area (Å²) >= 11 is 0. The average molecular weight is 349 g/mol. The molecule has 26 heavy (non-hydrogen) atoms. The van der Waals surface area contributed by atoms with Crippen LogP contribution in [0.25, 0.3) is 11.9 Å². The van der Waals surface area contributed by atoms with Crippen molar-refractivity contribution < 1.29 is 9.21 Å². The number of aromatic nitrogens is 3. The fraction of sp³-hybridized carbons (Fsp3) is 0.211. The van der Waals surface area contributed by atoms with Crippen molar-refractivity contribution in [2.45, 2.75) is 0 Å². The maximum atomic E-state index is 12.3. The summed E-state index contributed by atoms with van der Waals surface area (Å²) in [5.41, 5.74) is 0. The molecule has 0 radical (unpaired) electrons. The molecule has 1 saturated heterocycles. The molecule has 4 heterocycles. The number of furan rings is 1. The monoisotopic (exact) mass is 349 g/mol. The van der Waals surface area contributed by atoms with Gasteiger partial charge in [-0.05, 0) is 30.3 Å². The van der Waals surface area contributed by atoms with Crippen LogP contribution in [0.1, 0.15) is 5.76 Å². The molecule has 0 saturated carbocycles. The molecule has 1 aliphatic heterocycles. The van der Waals surface area contributed by atoms with E-state index in [1.807, 2.05) is 46.1 Å². The van der Waals surface area contributed by atoms with Gasteiger partial charge in [0, 0.05) is 50.7 Å². The summed E-state index contributed by atoms with van der Waals surface area (Å²) < 4.78 is 7.15. The van der Waals surface area contributed by atoms with Crippen molar-refractivity contribution in [2.75, 3.05) is 31.1 Å². The van der Waals surface area contributed by atoms with Gasteiger partial charge in [0.25, 0.3) is 0 Å². The Balaban J connectivity index is 1.38. The van der Waals surface area contributed by atoms with Gasteiger partial charge >= 0.3 is 0 Å². The van der Waals surface area contributed by atoms with Gasteiger partial charge in [0.1, 0.15) is 23.7 Å². The first-order valence-electron chi connectivity index (χ1n) is 8.50. The Labute approximate surface area is 151 Å². The van der Waals surface area contributed by atoms with Crippen LogP contribution in [0.5, 0.6) is 0 Å². The maximum absolute atomic E-state index is 12.3. The Hall–Kier alpha value is -3.35. The Kier molecular flexibility index (Phi) is 4.51. The molecule has 0 N–H and O–H groups in total. The molecule has 3 aromatic rings. The third-order valence-corrected chi connectivity index (χ3v) is 4.36. The predicted molar refractivity (Wildman–Crippen MR) is 97.9 cm³/mol. The predicted octanol–water partition coefficient (Wildman–Crippen LogP) is 2.22. The standard InChI is InChI=1S/C19H19N5O2/c25-19(6-5-16-4-3-13-26-16)24-11-9-23(10-12-24)18-14-17(20-15-21-18)22-7-1-2-8-22/h1-8,13-15H,9-12H2. The summed E-state index contributed by atoms with van der Waals surface area (Å²) in [6.45, 7) is 2.79. The summed E-state index contributed by atoms with van der Waals surface area (Å²) in [6.07, 6.45) is 10.3. The molecule has 7 nitrogen and oxygen atoms in total. The summed E-state index contributed by atoms with van der Waals surface area (Å²) in [5, 5.41) is 0. The summed E-state index contributed by atoms with van der Waals surface area (Å²) in [4.78, 5) is 25.0. The van der Waals surface area contributed by atoms with E-state index in [0.29, 0.717) is 18.8 Å². The molecule has 0 aliphatic carbocycles. The van der Waals surface area contributed by atoms with Gasteiger partial charge in [0.15, 0.2) is 0 Å². The normalized spacial score (nSPS) is 14.9. The average Bonchev–Trinajstić information content (AvgIpc) is 3.40. The highest BCUT2D eigenvalue weighted by atomic mass is 16.3. The van der Waals surface area contributed by atoms with Crippen molar-refractivity contribution in [1.29, 1.82) is 0 Å². The van der Waals surface area contributed by atoms with Crippen LogP contribution in [0.15, 0.2) is 65.8 Å². The van der Waals surface area contributed by atoms with Gasteiger partial charge in [-0.3, -0.25) is 4.79 Å². The second kappa shape index (κ2) is 7.26. The Morgan fingerprint density at radius 1 is 1.04 bits per heavy atom. The second-order valence-corrected chi connectivity index (χ2v) is 5.99. The second-order valence-electron chi connectivity index (χ2n) is 5.99. The largest absolute Gasteiger partial charge is 0.465 e. The van der Waals surface area contributed by atoms with E-state index >= 15 is 0 Å². The van der Waals surface area contributed by atoms with Crippen LogP contribution in [0.2, 0.25) is 0 Å². The van der Waals surface area contributed by atoms with Gasteiger partial charge in [-0.2, -0.15) is 0 Å². The van der Waals surface area contributed by atoms with E-state index in [-0.39, 0.29) is 5.91 Å². The van der Waals surface area contributed by atoms with E-state index in [4.69, 9.17) is 4.42 Å². The van der Waals surface area contributed by atoms with Crippen molar-refractivity contribution in [2.24, 2.45) is 0 Å². The molecular formula is C19H19N5O2. The van der Waals surface area contributed by atoms with Crippen molar-refractivity contribution in [1.82, 2.24) is 19.4 Å². The number of carbonyl (C=O) groups excluding carboxylic acids is 1. The quantitative estimate of drug-likeness (QED) is 0.676. The Morgan fingerprint density at radius 3 is 2.54 bits per heavy atom. The minimum absolute atomic E-state index is 0.00299. The number of amides is 1. The summed E-state index contributed by atoms with van der Waals surface area (Å²) in [6, 6.07) is 9.50. The summed E-state index contributed by atoms with van der Waals surface area (Å²) in [7, 11) is 0. The van der Waals surface area contributed by atoms with Gasteiger partial charge in [0.2, 0.25) is 5.91 Å². The molecule has 3 aromatic heterocycles. The molecule has 0 aromatic carbocycles. The first-order valence-corrected chi connectivity index (χ1v) is 8.50. The molecular weight excluding hydrogens is 330 g/mol. The third-order valence-electron chi connectivity index (χ3n) is 4.36. The lowest BCUT2D eigenvalue weighted by Gasteiger charge is -2.35. The number of rotatable bonds is 4. The Bertz CT molecular complexity index is 879. The van der Waals surface area contributed by atoms with Crippen LogP contribution in [0, 0.1) is 0 Å². The van der Waals surface area contributed by atoms with Gasteiger partial charge in [-0.1, -0.05) is 0 Å². The van der Waals surface area contributed by atoms with Crippen LogP contribution < -0.4 is 4.90 Å². The lowest BCUT2D eigenvalue weighted by Crippen LogP contribution is -2.48. The fourth-order valence-electron chi connectivity index (χ4n) is 2.94. The van der Waals surface area contributed by atoms with Crippen LogP contribution in [0.3, 0.4) is 0 Å². The van der Waals surface area contributed by atoms with Gasteiger partial charge in [0.05, 0.1) is 6.26 Å². The molecule has 4 rings (SSSR count). The molecule has 0 spiro atoms. The molecule has 1 amide bonds. The summed E-state index contributed by atoms with van der Waals surface area (Å²) in [5.74, 6) is 2.38. The van der Waals surface area contributed by atoms with E-state index < -0.39 is 0 Å². The smallest absolute Gasteiger partial charge is 0.246 e. The highest BCUT2D eigenvalue weighted by Crippen LogP contribution is 2.16. The first-order chi connectivity index (χ1) is 12.8. The van der Waals surface area contributed by atoms with E-state index in [0.717, 1.165) is 24.7 Å². The highest BCUT2D eigenvalue weighted by molar-refractivity contribution is 5.91. The molecule has 0 bridgehead atoms. The van der Waals surface area contributed by atoms with Crippen molar-refractivity contribution in [3.63, 3.8) is 0 Å². The molecule has 7 heteroatoms. The zero-order valence-corrected chi connectivity index (χ0v) is 14.2. The molecule has 1 aliphatic rings. The van der Waals surface area contributed by atoms with E-state index in [1.165, 1.54) is 0 Å². The SMILES string of the molecule is O=C(C=Cc1ccco1)N1CCN(c2cc(-n3cccc3)ncn2)CC1. The number of anilines is 1. The number of piperazine rings is 1. The molecule has 1 fully saturated rings. The van der Waals surface area contributed by atoms with Crippen LogP contribution in [-0.2, 0) is 4.79 Å². The zero-order chi connectivity index (χ0) is 17.8. The van der Waals surface area contributed by atoms with Crippen molar-refractivity contribution in [3.05, 3.63) is 67.2 Å². The third kappa shape index (κ3) is 3.51. The molecule has 0 atom stereocenters. The van der Waals surface area contributed by atoms with Crippen molar-refractivity contribution >= 4 is 17.8 Å². The lowest BCUT2D eigenvalue weighted by atomic mass is 10.3. The van der Waals surface area contributed by atoms with E-state index in [9.17, 15) is 4.79 Å². The topological polar surface area (TPSA) is 67.4 Å². The van der Waals surface area contributed by atoms with Gasteiger partial charge in [-0.25, -0.2) is 9.97 Å². The number of hydrogen-bond acceptors (Lipinski definition) is 5. The van der Waals surface area contributed by atoms with Gasteiger partial charge in [-0.15, -0.1) is 0 Å². The minimum atomic E-state index is -0.00299. The Morgan fingerprint density at radius 2 is 1.81 bits per heavy atom. The van der Waals surface area contributed by atoms with Crippen LogP contribution in [0.4, 0.5) is 5.82 Å². The minimum Gasteiger partial charge on any atom is -0.465 e. The van der Waals surface area contributed by atoms with E-state index in [2.05, 4.69) is 14.9 Å². The van der Waals surface area contributed by atoms with Crippen LogP contribution >= 0.6 is 0 Å². The maximum Gasteiger partial charge on any atom is 0.246 e. The van der Waals surface area contributed by atoms with Gasteiger partial charge < -0.3 is 18.8 Å². The molecule has 0 unspecified atom stereocenters. The number of hydrogen-bond donors (Lipinski definition) is 0. The number of nitrogens with zero attached hydrogens (tertiary/aromatic N) is 5. The van der Waals surface area contributed by atoms with E-state index in [1.54, 1.807) is 30.8 Å². The van der Waals surface area contributed by atoms with Crippen LogP contribution in [-0.4, -0.2) is 51.5 Å². The molecule has 132 valence electrons. The zero-order valence-electron chi connectivity index (χ0n) is 14.2. The lowest BCUT2D eigenvalue weighted by molar-refractivity contribution is -0.126. The van der Waals surface area contributed by atoms with Crippen molar-refractivity contribution in [3.8, 4) is 5.82 Å².